The SMILES string of the molecule is COc1ccc(CCN2C(=NC(C)=O)SC3CS(=O)(=O)CC32)cc1. The molecule has 3 rings (SSSR count). The van der Waals surface area contributed by atoms with Crippen molar-refractivity contribution in [1.82, 2.24) is 4.90 Å². The van der Waals surface area contributed by atoms with E-state index in [1.807, 2.05) is 29.2 Å². The molecule has 2 fully saturated rings. The Morgan fingerprint density at radius 1 is 1.33 bits per heavy atom. The number of sulfone groups is 1. The summed E-state index contributed by atoms with van der Waals surface area (Å²) in [6.45, 7) is 2.06. The largest absolute Gasteiger partial charge is 0.497 e. The Morgan fingerprint density at radius 3 is 2.67 bits per heavy atom. The molecule has 0 N–H and O–H groups in total. The lowest BCUT2D eigenvalue weighted by molar-refractivity contribution is -0.115. The third-order valence-corrected chi connectivity index (χ3v) is 7.48. The van der Waals surface area contributed by atoms with Crippen LogP contribution in [-0.2, 0) is 21.1 Å². The van der Waals surface area contributed by atoms with Crippen LogP contribution in [0.4, 0.5) is 0 Å². The predicted molar refractivity (Wildman–Crippen MR) is 95.3 cm³/mol. The van der Waals surface area contributed by atoms with Gasteiger partial charge < -0.3 is 9.64 Å². The predicted octanol–water partition coefficient (Wildman–Crippen LogP) is 1.35. The van der Waals surface area contributed by atoms with Gasteiger partial charge in [-0.05, 0) is 24.1 Å². The Bertz CT molecular complexity index is 759. The van der Waals surface area contributed by atoms with Crippen molar-refractivity contribution in [2.75, 3.05) is 25.2 Å². The summed E-state index contributed by atoms with van der Waals surface area (Å²) in [5.41, 5.74) is 1.13. The number of amidine groups is 1. The first-order valence-electron chi connectivity index (χ1n) is 7.74. The van der Waals surface area contributed by atoms with Gasteiger partial charge >= 0.3 is 0 Å². The van der Waals surface area contributed by atoms with Crippen LogP contribution in [0.1, 0.15) is 12.5 Å². The van der Waals surface area contributed by atoms with Gasteiger partial charge in [-0.2, -0.15) is 4.99 Å². The lowest BCUT2D eigenvalue weighted by atomic mass is 10.1. The molecule has 0 spiro atoms. The maximum atomic E-state index is 11.9. The summed E-state index contributed by atoms with van der Waals surface area (Å²) in [4.78, 5) is 17.4. The van der Waals surface area contributed by atoms with Gasteiger partial charge in [0.25, 0.3) is 0 Å². The molecule has 2 saturated heterocycles. The second kappa shape index (κ2) is 6.76. The number of rotatable bonds is 4. The van der Waals surface area contributed by atoms with E-state index >= 15 is 0 Å². The van der Waals surface area contributed by atoms with Crippen molar-refractivity contribution in [3.8, 4) is 5.75 Å². The molecule has 24 heavy (non-hydrogen) atoms. The van der Waals surface area contributed by atoms with E-state index < -0.39 is 9.84 Å². The Hall–Kier alpha value is -1.54. The minimum Gasteiger partial charge on any atom is -0.497 e. The summed E-state index contributed by atoms with van der Waals surface area (Å²) < 4.78 is 29.0. The number of amides is 1. The van der Waals surface area contributed by atoms with E-state index in [1.165, 1.54) is 18.7 Å². The molecule has 130 valence electrons. The van der Waals surface area contributed by atoms with Gasteiger partial charge in [0.1, 0.15) is 5.75 Å². The molecule has 2 aliphatic rings. The monoisotopic (exact) mass is 368 g/mol. The molecule has 1 aromatic carbocycles. The summed E-state index contributed by atoms with van der Waals surface area (Å²) in [5, 5.41) is 0.630. The van der Waals surface area contributed by atoms with Gasteiger partial charge in [-0.1, -0.05) is 23.9 Å². The van der Waals surface area contributed by atoms with Gasteiger partial charge in [0.05, 0.1) is 24.7 Å². The molecular formula is C16H20N2O4S2. The van der Waals surface area contributed by atoms with Crippen molar-refractivity contribution in [3.63, 3.8) is 0 Å². The maximum absolute atomic E-state index is 11.9. The number of carbonyl (C=O) groups is 1. The topological polar surface area (TPSA) is 76.0 Å². The van der Waals surface area contributed by atoms with Crippen LogP contribution in [0.2, 0.25) is 0 Å². The van der Waals surface area contributed by atoms with Gasteiger partial charge in [0.15, 0.2) is 15.0 Å². The van der Waals surface area contributed by atoms with Crippen LogP contribution < -0.4 is 4.74 Å². The molecule has 0 bridgehead atoms. The van der Waals surface area contributed by atoms with Crippen LogP contribution in [0.5, 0.6) is 5.75 Å². The van der Waals surface area contributed by atoms with E-state index in [4.69, 9.17) is 4.74 Å². The lowest BCUT2D eigenvalue weighted by Gasteiger charge is -2.24. The number of benzene rings is 1. The molecule has 0 radical (unpaired) electrons. The van der Waals surface area contributed by atoms with E-state index in [0.29, 0.717) is 11.7 Å². The molecule has 8 heteroatoms. The maximum Gasteiger partial charge on any atom is 0.244 e. The van der Waals surface area contributed by atoms with Gasteiger partial charge in [-0.15, -0.1) is 0 Å². The van der Waals surface area contributed by atoms with Crippen molar-refractivity contribution in [2.45, 2.75) is 24.6 Å². The molecule has 1 aromatic rings. The zero-order valence-corrected chi connectivity index (χ0v) is 15.3. The number of fused-ring (bicyclic) bond motifs is 1. The van der Waals surface area contributed by atoms with E-state index in [0.717, 1.165) is 17.7 Å². The molecular weight excluding hydrogens is 348 g/mol. The first-order valence-corrected chi connectivity index (χ1v) is 10.4. The molecule has 6 nitrogen and oxygen atoms in total. The summed E-state index contributed by atoms with van der Waals surface area (Å²) in [6.07, 6.45) is 0.755. The van der Waals surface area contributed by atoms with Crippen LogP contribution >= 0.6 is 11.8 Å². The summed E-state index contributed by atoms with van der Waals surface area (Å²) in [7, 11) is -1.37. The molecule has 2 aliphatic heterocycles. The fraction of sp³-hybridized carbons (Fsp3) is 0.500. The molecule has 0 aromatic heterocycles. The Morgan fingerprint density at radius 2 is 2.04 bits per heavy atom. The van der Waals surface area contributed by atoms with Crippen LogP contribution in [-0.4, -0.2) is 60.8 Å². The Kier molecular flexibility index (Phi) is 4.87. The highest BCUT2D eigenvalue weighted by atomic mass is 32.2. The highest BCUT2D eigenvalue weighted by molar-refractivity contribution is 8.15. The molecule has 1 amide bonds. The minimum absolute atomic E-state index is 0.0241. The summed E-state index contributed by atoms with van der Waals surface area (Å²) in [6, 6.07) is 7.71. The minimum atomic E-state index is -3.00. The number of aliphatic imine (C=N–C) groups is 1. The van der Waals surface area contributed by atoms with Gasteiger partial charge in [0, 0.05) is 18.7 Å². The molecule has 2 unspecified atom stereocenters. The third kappa shape index (κ3) is 3.75. The number of nitrogens with zero attached hydrogens (tertiary/aromatic N) is 2. The van der Waals surface area contributed by atoms with Crippen LogP contribution in [0, 0.1) is 0 Å². The normalized spacial score (nSPS) is 26.6. The second-order valence-electron chi connectivity index (χ2n) is 6.01. The smallest absolute Gasteiger partial charge is 0.244 e. The molecule has 0 aliphatic carbocycles. The number of ether oxygens (including phenoxy) is 1. The highest BCUT2D eigenvalue weighted by Crippen LogP contribution is 2.38. The zero-order valence-electron chi connectivity index (χ0n) is 13.6. The number of thioether (sulfide) groups is 1. The molecule has 2 heterocycles. The molecule has 2 atom stereocenters. The third-order valence-electron chi connectivity index (χ3n) is 4.23. The van der Waals surface area contributed by atoms with E-state index in [9.17, 15) is 13.2 Å². The number of hydrogen-bond acceptors (Lipinski definition) is 5. The van der Waals surface area contributed by atoms with Crippen LogP contribution in [0.3, 0.4) is 0 Å². The van der Waals surface area contributed by atoms with E-state index in [1.54, 1.807) is 7.11 Å². The van der Waals surface area contributed by atoms with Crippen molar-refractivity contribution in [1.29, 1.82) is 0 Å². The number of methoxy groups -OCH3 is 1. The quantitative estimate of drug-likeness (QED) is 0.799. The fourth-order valence-electron chi connectivity index (χ4n) is 3.07. The van der Waals surface area contributed by atoms with Crippen LogP contribution in [0.25, 0.3) is 0 Å². The van der Waals surface area contributed by atoms with Crippen LogP contribution in [0.15, 0.2) is 29.3 Å². The van der Waals surface area contributed by atoms with Crippen molar-refractivity contribution >= 4 is 32.7 Å². The first kappa shape index (κ1) is 17.3. The van der Waals surface area contributed by atoms with Crippen molar-refractivity contribution in [3.05, 3.63) is 29.8 Å². The number of hydrogen-bond donors (Lipinski definition) is 0. The van der Waals surface area contributed by atoms with Crippen molar-refractivity contribution < 1.29 is 17.9 Å². The van der Waals surface area contributed by atoms with E-state index in [2.05, 4.69) is 4.99 Å². The summed E-state index contributed by atoms with van der Waals surface area (Å²) >= 11 is 1.42. The lowest BCUT2D eigenvalue weighted by Crippen LogP contribution is -2.39. The van der Waals surface area contributed by atoms with Gasteiger partial charge in [0.2, 0.25) is 5.91 Å². The summed E-state index contributed by atoms with van der Waals surface area (Å²) in [5.74, 6) is 0.855. The Labute approximate surface area is 146 Å². The van der Waals surface area contributed by atoms with Gasteiger partial charge in [-0.3, -0.25) is 4.79 Å². The average Bonchev–Trinajstić information content (AvgIpc) is 2.96. The average molecular weight is 368 g/mol. The first-order chi connectivity index (χ1) is 11.4. The van der Waals surface area contributed by atoms with Gasteiger partial charge in [-0.25, -0.2) is 8.42 Å². The second-order valence-corrected chi connectivity index (χ2v) is 9.37. The Balaban J connectivity index is 1.75. The molecule has 0 saturated carbocycles. The van der Waals surface area contributed by atoms with Crippen molar-refractivity contribution in [2.24, 2.45) is 4.99 Å². The van der Waals surface area contributed by atoms with E-state index in [-0.39, 0.29) is 28.7 Å². The fourth-order valence-corrected chi connectivity index (χ4v) is 7.10. The standard InChI is InChI=1S/C16H20N2O4S2/c1-11(19)17-16-18(14-9-24(20,21)10-15(14)23-16)8-7-12-3-5-13(22-2)6-4-12/h3-6,14-15H,7-10H2,1-2H3. The number of carbonyl (C=O) groups excluding carboxylic acids is 1. The highest BCUT2D eigenvalue weighted by Gasteiger charge is 2.48. The zero-order chi connectivity index (χ0) is 17.3.